The zero-order chi connectivity index (χ0) is 18.4. The van der Waals surface area contributed by atoms with Gasteiger partial charge in [0.05, 0.1) is 0 Å². The van der Waals surface area contributed by atoms with E-state index in [9.17, 15) is 9.59 Å². The molecule has 0 aromatic heterocycles. The summed E-state index contributed by atoms with van der Waals surface area (Å²) in [5.41, 5.74) is 2.05. The predicted octanol–water partition coefficient (Wildman–Crippen LogP) is 3.80. The number of rotatable bonds is 6. The number of benzene rings is 1. The van der Waals surface area contributed by atoms with E-state index in [0.717, 1.165) is 31.6 Å². The van der Waals surface area contributed by atoms with Crippen molar-refractivity contribution >= 4 is 23.2 Å². The van der Waals surface area contributed by atoms with Crippen molar-refractivity contribution in [2.24, 2.45) is 0 Å². The van der Waals surface area contributed by atoms with E-state index in [1.54, 1.807) is 6.92 Å². The molecule has 0 bridgehead atoms. The lowest BCUT2D eigenvalue weighted by Crippen LogP contribution is -2.41. The molecule has 5 heteroatoms. The van der Waals surface area contributed by atoms with Crippen molar-refractivity contribution in [3.05, 3.63) is 24.3 Å². The van der Waals surface area contributed by atoms with Crippen LogP contribution >= 0.6 is 0 Å². The highest BCUT2D eigenvalue weighted by Gasteiger charge is 2.23. The quantitative estimate of drug-likeness (QED) is 0.842. The van der Waals surface area contributed by atoms with Gasteiger partial charge in [-0.3, -0.25) is 9.59 Å². The molecule has 2 fully saturated rings. The lowest BCUT2D eigenvalue weighted by molar-refractivity contribution is -0.132. The van der Waals surface area contributed by atoms with Gasteiger partial charge >= 0.3 is 0 Å². The van der Waals surface area contributed by atoms with Gasteiger partial charge in [0.15, 0.2) is 0 Å². The Hall–Kier alpha value is -2.04. The van der Waals surface area contributed by atoms with Crippen molar-refractivity contribution in [2.45, 2.75) is 64.3 Å². The second kappa shape index (κ2) is 9.06. The first-order valence-corrected chi connectivity index (χ1v) is 10.1. The Morgan fingerprint density at radius 3 is 2.31 bits per heavy atom. The number of carbonyl (C=O) groups is 2. The van der Waals surface area contributed by atoms with Crippen LogP contribution in [0.4, 0.5) is 11.4 Å². The van der Waals surface area contributed by atoms with Crippen LogP contribution < -0.4 is 10.2 Å². The van der Waals surface area contributed by atoms with Crippen LogP contribution in [0.5, 0.6) is 0 Å². The van der Waals surface area contributed by atoms with Crippen molar-refractivity contribution < 1.29 is 9.59 Å². The molecule has 1 aliphatic carbocycles. The van der Waals surface area contributed by atoms with Crippen LogP contribution in [0.1, 0.15) is 58.3 Å². The van der Waals surface area contributed by atoms with E-state index in [0.29, 0.717) is 19.0 Å². The largest absolute Gasteiger partial charge is 0.372 e. The summed E-state index contributed by atoms with van der Waals surface area (Å²) in [6.07, 6.45) is 8.63. The number of amides is 2. The first kappa shape index (κ1) is 18.7. The molecule has 0 unspecified atom stereocenters. The lowest BCUT2D eigenvalue weighted by atomic mass is 9.94. The van der Waals surface area contributed by atoms with E-state index in [-0.39, 0.29) is 11.8 Å². The van der Waals surface area contributed by atoms with E-state index in [2.05, 4.69) is 22.3 Å². The van der Waals surface area contributed by atoms with Crippen LogP contribution in [-0.2, 0) is 9.59 Å². The summed E-state index contributed by atoms with van der Waals surface area (Å²) in [4.78, 5) is 28.5. The molecule has 3 rings (SSSR count). The Morgan fingerprint density at radius 2 is 1.69 bits per heavy atom. The van der Waals surface area contributed by atoms with Crippen LogP contribution in [0.25, 0.3) is 0 Å². The zero-order valence-corrected chi connectivity index (χ0v) is 15.9. The van der Waals surface area contributed by atoms with Gasteiger partial charge in [-0.2, -0.15) is 0 Å². The number of hydrogen-bond donors (Lipinski definition) is 1. The minimum absolute atomic E-state index is 0.0269. The standard InChI is InChI=1S/C21H31N3O2/c1-17(25)24(20-7-3-2-4-8-20)16-13-21(26)22-18-9-11-19(12-10-18)23-14-5-6-15-23/h9-12,20H,2-8,13-16H2,1H3,(H,22,26). The number of nitrogens with zero attached hydrogens (tertiary/aromatic N) is 2. The number of nitrogens with one attached hydrogen (secondary N) is 1. The number of hydrogen-bond acceptors (Lipinski definition) is 3. The summed E-state index contributed by atoms with van der Waals surface area (Å²) in [7, 11) is 0. The summed E-state index contributed by atoms with van der Waals surface area (Å²) < 4.78 is 0. The molecule has 142 valence electrons. The van der Waals surface area contributed by atoms with Crippen LogP contribution in [0.3, 0.4) is 0 Å². The van der Waals surface area contributed by atoms with Gasteiger partial charge < -0.3 is 15.1 Å². The molecule has 5 nitrogen and oxygen atoms in total. The predicted molar refractivity (Wildman–Crippen MR) is 105 cm³/mol. The Bertz CT molecular complexity index is 602. The molecule has 1 aliphatic heterocycles. The van der Waals surface area contributed by atoms with Crippen molar-refractivity contribution in [3.8, 4) is 0 Å². The number of anilines is 2. The Balaban J connectivity index is 1.48. The summed E-state index contributed by atoms with van der Waals surface area (Å²) in [6, 6.07) is 8.40. The minimum Gasteiger partial charge on any atom is -0.372 e. The third-order valence-corrected chi connectivity index (χ3v) is 5.62. The van der Waals surface area contributed by atoms with Crippen molar-refractivity contribution in [1.82, 2.24) is 4.90 Å². The van der Waals surface area contributed by atoms with E-state index in [1.165, 1.54) is 37.8 Å². The Kier molecular flexibility index (Phi) is 6.53. The first-order chi connectivity index (χ1) is 12.6. The molecule has 1 N–H and O–H groups in total. The molecule has 1 aromatic carbocycles. The SMILES string of the molecule is CC(=O)N(CCC(=O)Nc1ccc(N2CCCC2)cc1)C1CCCCC1. The average molecular weight is 357 g/mol. The molecule has 2 aliphatic rings. The molecule has 0 spiro atoms. The van der Waals surface area contributed by atoms with Gasteiger partial charge in [0.1, 0.15) is 0 Å². The van der Waals surface area contributed by atoms with Gasteiger partial charge in [-0.1, -0.05) is 19.3 Å². The second-order valence-electron chi connectivity index (χ2n) is 7.54. The highest BCUT2D eigenvalue weighted by molar-refractivity contribution is 5.91. The molecular formula is C21H31N3O2. The van der Waals surface area contributed by atoms with Crippen molar-refractivity contribution in [2.75, 3.05) is 29.9 Å². The van der Waals surface area contributed by atoms with Crippen LogP contribution in [0, 0.1) is 0 Å². The normalized spacial score (nSPS) is 18.0. The molecular weight excluding hydrogens is 326 g/mol. The summed E-state index contributed by atoms with van der Waals surface area (Å²) in [5, 5.41) is 2.96. The Labute approximate surface area is 156 Å². The monoisotopic (exact) mass is 357 g/mol. The van der Waals surface area contributed by atoms with Gasteiger partial charge in [0.25, 0.3) is 0 Å². The van der Waals surface area contributed by atoms with Gasteiger partial charge in [0, 0.05) is 50.4 Å². The van der Waals surface area contributed by atoms with Gasteiger partial charge in [-0.25, -0.2) is 0 Å². The molecule has 1 saturated carbocycles. The third kappa shape index (κ3) is 4.99. The van der Waals surface area contributed by atoms with E-state index in [4.69, 9.17) is 0 Å². The van der Waals surface area contributed by atoms with E-state index < -0.39 is 0 Å². The fraction of sp³-hybridized carbons (Fsp3) is 0.619. The molecule has 1 aromatic rings. The molecule has 2 amide bonds. The zero-order valence-electron chi connectivity index (χ0n) is 15.9. The van der Waals surface area contributed by atoms with E-state index in [1.807, 2.05) is 17.0 Å². The Morgan fingerprint density at radius 1 is 1.04 bits per heavy atom. The number of carbonyl (C=O) groups excluding carboxylic acids is 2. The maximum absolute atomic E-state index is 12.3. The fourth-order valence-electron chi connectivity index (χ4n) is 4.17. The molecule has 0 radical (unpaired) electrons. The molecule has 1 heterocycles. The average Bonchev–Trinajstić information content (AvgIpc) is 3.18. The second-order valence-corrected chi connectivity index (χ2v) is 7.54. The smallest absolute Gasteiger partial charge is 0.226 e. The van der Waals surface area contributed by atoms with E-state index >= 15 is 0 Å². The first-order valence-electron chi connectivity index (χ1n) is 10.1. The highest BCUT2D eigenvalue weighted by atomic mass is 16.2. The van der Waals surface area contributed by atoms with Crippen LogP contribution in [-0.4, -0.2) is 42.4 Å². The fourth-order valence-corrected chi connectivity index (χ4v) is 4.17. The van der Waals surface area contributed by atoms with Gasteiger partial charge in [-0.05, 0) is 49.9 Å². The minimum atomic E-state index is -0.0269. The summed E-state index contributed by atoms with van der Waals surface area (Å²) in [6.45, 7) is 4.36. The highest BCUT2D eigenvalue weighted by Crippen LogP contribution is 2.24. The van der Waals surface area contributed by atoms with Crippen molar-refractivity contribution in [3.63, 3.8) is 0 Å². The lowest BCUT2D eigenvalue weighted by Gasteiger charge is -2.33. The molecule has 26 heavy (non-hydrogen) atoms. The van der Waals surface area contributed by atoms with Gasteiger partial charge in [0.2, 0.25) is 11.8 Å². The maximum atomic E-state index is 12.3. The summed E-state index contributed by atoms with van der Waals surface area (Å²) in [5.74, 6) is 0.0562. The summed E-state index contributed by atoms with van der Waals surface area (Å²) >= 11 is 0. The van der Waals surface area contributed by atoms with Crippen LogP contribution in [0.15, 0.2) is 24.3 Å². The maximum Gasteiger partial charge on any atom is 0.226 e. The van der Waals surface area contributed by atoms with Crippen LogP contribution in [0.2, 0.25) is 0 Å². The van der Waals surface area contributed by atoms with Gasteiger partial charge in [-0.15, -0.1) is 0 Å². The third-order valence-electron chi connectivity index (χ3n) is 5.62. The molecule has 1 saturated heterocycles. The topological polar surface area (TPSA) is 52.7 Å². The molecule has 0 atom stereocenters. The van der Waals surface area contributed by atoms with Crippen molar-refractivity contribution in [1.29, 1.82) is 0 Å².